The van der Waals surface area contributed by atoms with Crippen LogP contribution in [0.3, 0.4) is 0 Å². The average Bonchev–Trinajstić information content (AvgIpc) is 2.96. The average molecular weight is 358 g/mol. The van der Waals surface area contributed by atoms with Gasteiger partial charge in [-0.15, -0.1) is 0 Å². The summed E-state index contributed by atoms with van der Waals surface area (Å²) in [5.74, 6) is -0.631. The summed E-state index contributed by atoms with van der Waals surface area (Å²) in [5, 5.41) is 3.94. The van der Waals surface area contributed by atoms with Gasteiger partial charge in [0.15, 0.2) is 0 Å². The SMILES string of the molecule is Cn1cc([C@@H]2CCCCN2S(=O)(=O)c2ccc(F)c(Cl)c2)cn1. The summed E-state index contributed by atoms with van der Waals surface area (Å²) < 4.78 is 42.4. The van der Waals surface area contributed by atoms with Crippen molar-refractivity contribution in [3.05, 3.63) is 47.0 Å². The van der Waals surface area contributed by atoms with E-state index in [1.165, 1.54) is 16.4 Å². The zero-order chi connectivity index (χ0) is 16.6. The van der Waals surface area contributed by atoms with Crippen LogP contribution in [0.1, 0.15) is 30.9 Å². The summed E-state index contributed by atoms with van der Waals surface area (Å²) in [7, 11) is -1.95. The van der Waals surface area contributed by atoms with Crippen LogP contribution in [0.5, 0.6) is 0 Å². The Bertz CT molecular complexity index is 822. The molecule has 8 heteroatoms. The lowest BCUT2D eigenvalue weighted by Gasteiger charge is -2.34. The summed E-state index contributed by atoms with van der Waals surface area (Å²) in [6.45, 7) is 0.427. The van der Waals surface area contributed by atoms with E-state index in [0.29, 0.717) is 6.54 Å². The van der Waals surface area contributed by atoms with E-state index in [2.05, 4.69) is 5.10 Å². The molecular formula is C15H17ClFN3O2S. The summed E-state index contributed by atoms with van der Waals surface area (Å²) >= 11 is 5.74. The molecule has 0 radical (unpaired) electrons. The Morgan fingerprint density at radius 3 is 2.78 bits per heavy atom. The van der Waals surface area contributed by atoms with Gasteiger partial charge in [0.25, 0.3) is 0 Å². The highest BCUT2D eigenvalue weighted by molar-refractivity contribution is 7.89. The van der Waals surface area contributed by atoms with Crippen molar-refractivity contribution in [2.24, 2.45) is 7.05 Å². The second-order valence-corrected chi connectivity index (χ2v) is 7.95. The number of benzene rings is 1. The van der Waals surface area contributed by atoms with E-state index >= 15 is 0 Å². The number of hydrogen-bond acceptors (Lipinski definition) is 3. The molecule has 1 aromatic heterocycles. The third kappa shape index (κ3) is 3.13. The third-order valence-electron chi connectivity index (χ3n) is 4.06. The molecule has 0 aliphatic carbocycles. The van der Waals surface area contributed by atoms with Crippen molar-refractivity contribution in [3.63, 3.8) is 0 Å². The van der Waals surface area contributed by atoms with E-state index in [1.807, 2.05) is 6.20 Å². The topological polar surface area (TPSA) is 55.2 Å². The molecule has 23 heavy (non-hydrogen) atoms. The molecule has 5 nitrogen and oxygen atoms in total. The first kappa shape index (κ1) is 16.4. The zero-order valence-corrected chi connectivity index (χ0v) is 14.2. The van der Waals surface area contributed by atoms with Crippen molar-refractivity contribution in [3.8, 4) is 0 Å². The molecule has 0 amide bonds. The molecule has 3 rings (SSSR count). The second kappa shape index (κ2) is 6.22. The Hall–Kier alpha value is -1.44. The molecule has 0 spiro atoms. The molecule has 1 fully saturated rings. The Labute approximate surface area is 139 Å². The first-order chi connectivity index (χ1) is 10.9. The minimum atomic E-state index is -3.74. The lowest BCUT2D eigenvalue weighted by molar-refractivity contribution is 0.256. The van der Waals surface area contributed by atoms with Gasteiger partial charge >= 0.3 is 0 Å². The van der Waals surface area contributed by atoms with Crippen LogP contribution in [0.4, 0.5) is 4.39 Å². The van der Waals surface area contributed by atoms with E-state index in [1.54, 1.807) is 17.9 Å². The van der Waals surface area contributed by atoms with Crippen LogP contribution in [0.2, 0.25) is 5.02 Å². The molecule has 0 bridgehead atoms. The predicted molar refractivity (Wildman–Crippen MR) is 85.1 cm³/mol. The second-order valence-electron chi connectivity index (χ2n) is 5.65. The molecule has 0 unspecified atom stereocenters. The van der Waals surface area contributed by atoms with Gasteiger partial charge in [-0.05, 0) is 31.0 Å². The number of hydrogen-bond donors (Lipinski definition) is 0. The molecule has 2 heterocycles. The van der Waals surface area contributed by atoms with Crippen LogP contribution in [0.15, 0.2) is 35.5 Å². The maximum Gasteiger partial charge on any atom is 0.243 e. The quantitative estimate of drug-likeness (QED) is 0.848. The fourth-order valence-corrected chi connectivity index (χ4v) is 4.87. The van der Waals surface area contributed by atoms with Crippen molar-refractivity contribution >= 4 is 21.6 Å². The van der Waals surface area contributed by atoms with Gasteiger partial charge < -0.3 is 0 Å². The highest BCUT2D eigenvalue weighted by atomic mass is 35.5. The molecular weight excluding hydrogens is 341 g/mol. The maximum atomic E-state index is 13.3. The van der Waals surface area contributed by atoms with Gasteiger partial charge in [-0.2, -0.15) is 9.40 Å². The minimum Gasteiger partial charge on any atom is -0.275 e. The zero-order valence-electron chi connectivity index (χ0n) is 12.6. The van der Waals surface area contributed by atoms with E-state index in [0.717, 1.165) is 30.9 Å². The number of nitrogens with zero attached hydrogens (tertiary/aromatic N) is 3. The van der Waals surface area contributed by atoms with Gasteiger partial charge in [-0.1, -0.05) is 18.0 Å². The molecule has 0 saturated carbocycles. The normalized spacial score (nSPS) is 19.9. The van der Waals surface area contributed by atoms with Crippen LogP contribution in [0.25, 0.3) is 0 Å². The Kier molecular flexibility index (Phi) is 4.44. The van der Waals surface area contributed by atoms with Crippen LogP contribution < -0.4 is 0 Å². The van der Waals surface area contributed by atoms with E-state index < -0.39 is 15.8 Å². The number of aryl methyl sites for hydroxylation is 1. The van der Waals surface area contributed by atoms with E-state index in [4.69, 9.17) is 11.6 Å². The predicted octanol–water partition coefficient (Wildman–Crippen LogP) is 3.13. The third-order valence-corrected chi connectivity index (χ3v) is 6.25. The van der Waals surface area contributed by atoms with Gasteiger partial charge in [0.1, 0.15) is 5.82 Å². The molecule has 1 saturated heterocycles. The van der Waals surface area contributed by atoms with E-state index in [9.17, 15) is 12.8 Å². The largest absolute Gasteiger partial charge is 0.275 e. The number of aromatic nitrogens is 2. The molecule has 1 aliphatic heterocycles. The summed E-state index contributed by atoms with van der Waals surface area (Å²) in [4.78, 5) is 0.0136. The smallest absolute Gasteiger partial charge is 0.243 e. The molecule has 124 valence electrons. The fraction of sp³-hybridized carbons (Fsp3) is 0.400. The van der Waals surface area contributed by atoms with E-state index in [-0.39, 0.29) is 16.0 Å². The summed E-state index contributed by atoms with van der Waals surface area (Å²) in [6, 6.07) is 3.25. The van der Waals surface area contributed by atoms with Crippen molar-refractivity contribution in [1.29, 1.82) is 0 Å². The van der Waals surface area contributed by atoms with Gasteiger partial charge in [0.2, 0.25) is 10.0 Å². The lowest BCUT2D eigenvalue weighted by atomic mass is 10.0. The van der Waals surface area contributed by atoms with Crippen molar-refractivity contribution in [2.75, 3.05) is 6.54 Å². The fourth-order valence-electron chi connectivity index (χ4n) is 2.91. The molecule has 2 aromatic rings. The number of sulfonamides is 1. The molecule has 1 aromatic carbocycles. The van der Waals surface area contributed by atoms with Gasteiger partial charge in [-0.25, -0.2) is 12.8 Å². The molecule has 1 atom stereocenters. The first-order valence-electron chi connectivity index (χ1n) is 7.35. The van der Waals surface area contributed by atoms with Gasteiger partial charge in [0.05, 0.1) is 22.2 Å². The Morgan fingerprint density at radius 2 is 2.13 bits per heavy atom. The Morgan fingerprint density at radius 1 is 1.35 bits per heavy atom. The van der Waals surface area contributed by atoms with Gasteiger partial charge in [-0.3, -0.25) is 4.68 Å². The number of piperidine rings is 1. The maximum absolute atomic E-state index is 13.3. The minimum absolute atomic E-state index is 0.0136. The first-order valence-corrected chi connectivity index (χ1v) is 9.17. The van der Waals surface area contributed by atoms with Crippen molar-refractivity contribution < 1.29 is 12.8 Å². The Balaban J connectivity index is 2.00. The van der Waals surface area contributed by atoms with Crippen LogP contribution in [0, 0.1) is 5.82 Å². The summed E-state index contributed by atoms with van der Waals surface area (Å²) in [5.41, 5.74) is 0.865. The summed E-state index contributed by atoms with van der Waals surface area (Å²) in [6.07, 6.45) is 6.01. The standard InChI is InChI=1S/C15H17ClFN3O2S/c1-19-10-11(9-18-19)15-4-2-3-7-20(15)23(21,22)12-5-6-14(17)13(16)8-12/h5-6,8-10,15H,2-4,7H2,1H3/t15-/m0/s1. The highest BCUT2D eigenvalue weighted by Crippen LogP contribution is 2.35. The van der Waals surface area contributed by atoms with Crippen LogP contribution >= 0.6 is 11.6 Å². The lowest BCUT2D eigenvalue weighted by Crippen LogP contribution is -2.38. The monoisotopic (exact) mass is 357 g/mol. The van der Waals surface area contributed by atoms with Crippen molar-refractivity contribution in [2.45, 2.75) is 30.2 Å². The molecule has 1 aliphatic rings. The van der Waals surface area contributed by atoms with Crippen LogP contribution in [-0.2, 0) is 17.1 Å². The van der Waals surface area contributed by atoms with Crippen molar-refractivity contribution in [1.82, 2.24) is 14.1 Å². The molecule has 0 N–H and O–H groups in total. The number of rotatable bonds is 3. The van der Waals surface area contributed by atoms with Crippen LogP contribution in [-0.4, -0.2) is 29.0 Å². The highest BCUT2D eigenvalue weighted by Gasteiger charge is 2.35. The van der Waals surface area contributed by atoms with Gasteiger partial charge in [0, 0.05) is 25.4 Å². The number of halogens is 2.